The minimum atomic E-state index is -0.611. The maximum Gasteiger partial charge on any atom is 0.248 e. The number of aryl methyl sites for hydroxylation is 1. The highest BCUT2D eigenvalue weighted by molar-refractivity contribution is 8.16. The minimum Gasteiger partial charge on any atom is -0.382 e. The molecule has 0 fully saturated rings. The number of hydrogen-bond donors (Lipinski definition) is 3. The number of nitrogens with one attached hydrogen (secondary N) is 2. The van der Waals surface area contributed by atoms with Crippen molar-refractivity contribution in [1.82, 2.24) is 0 Å². The molecule has 1 atom stereocenters. The molecule has 0 aromatic heterocycles. The number of amidine groups is 1. The van der Waals surface area contributed by atoms with E-state index in [1.165, 1.54) is 0 Å². The fraction of sp³-hybridized carbons (Fsp3) is 0.231. The molecule has 1 aromatic carbocycles. The number of nitrogens with two attached hydrogens (primary N) is 1. The fourth-order valence-corrected chi connectivity index (χ4v) is 2.59. The van der Waals surface area contributed by atoms with E-state index in [-0.39, 0.29) is 23.2 Å². The second-order valence-electron chi connectivity index (χ2n) is 4.39. The van der Waals surface area contributed by atoms with Crippen LogP contribution in [0.25, 0.3) is 0 Å². The lowest BCUT2D eigenvalue weighted by molar-refractivity contribution is -0.121. The summed E-state index contributed by atoms with van der Waals surface area (Å²) in [7, 11) is 0. The van der Waals surface area contributed by atoms with E-state index in [1.54, 1.807) is 12.1 Å². The topological polar surface area (TPSA) is 108 Å². The molecule has 4 N–H and O–H groups in total. The molecule has 1 aliphatic rings. The molecular weight excluding hydrogens is 276 g/mol. The zero-order valence-corrected chi connectivity index (χ0v) is 11.7. The quantitative estimate of drug-likeness (QED) is 0.576. The lowest BCUT2D eigenvalue weighted by Gasteiger charge is -2.19. The van der Waals surface area contributed by atoms with Gasteiger partial charge in [-0.1, -0.05) is 29.5 Å². The van der Waals surface area contributed by atoms with Gasteiger partial charge in [0.1, 0.15) is 10.9 Å². The third-order valence-corrected chi connectivity index (χ3v) is 3.88. The van der Waals surface area contributed by atoms with Crippen molar-refractivity contribution >= 4 is 40.1 Å². The molecule has 6 nitrogen and oxygen atoms in total. The Morgan fingerprint density at radius 1 is 1.45 bits per heavy atom. The molecule has 0 bridgehead atoms. The Kier molecular flexibility index (Phi) is 4.19. The van der Waals surface area contributed by atoms with E-state index < -0.39 is 11.2 Å². The summed E-state index contributed by atoms with van der Waals surface area (Å²) in [6, 6.07) is 7.36. The summed E-state index contributed by atoms with van der Waals surface area (Å²) in [5, 5.41) is 9.53. The summed E-state index contributed by atoms with van der Waals surface area (Å²) in [5.74, 6) is -1.02. The van der Waals surface area contributed by atoms with Gasteiger partial charge in [0.2, 0.25) is 11.8 Å². The number of rotatable bonds is 3. The largest absolute Gasteiger partial charge is 0.382 e. The number of anilines is 1. The normalized spacial score (nSPS) is 18.4. The van der Waals surface area contributed by atoms with Crippen LogP contribution in [0.2, 0.25) is 0 Å². The summed E-state index contributed by atoms with van der Waals surface area (Å²) in [5.41, 5.74) is 7.07. The predicted octanol–water partition coefficient (Wildman–Crippen LogP) is 1.30. The molecule has 7 heteroatoms. The summed E-state index contributed by atoms with van der Waals surface area (Å²) in [6.45, 7) is 1.96. The number of carbonyl (C=O) groups is 2. The van der Waals surface area contributed by atoms with Crippen LogP contribution in [0.4, 0.5) is 5.69 Å². The van der Waals surface area contributed by atoms with E-state index in [0.29, 0.717) is 5.69 Å². The van der Waals surface area contributed by atoms with Gasteiger partial charge in [0.25, 0.3) is 0 Å². The van der Waals surface area contributed by atoms with E-state index in [9.17, 15) is 9.59 Å². The van der Waals surface area contributed by atoms with Gasteiger partial charge >= 0.3 is 0 Å². The first-order valence-electron chi connectivity index (χ1n) is 5.96. The number of hydrogen-bond acceptors (Lipinski definition) is 4. The van der Waals surface area contributed by atoms with Gasteiger partial charge in [0, 0.05) is 5.69 Å². The van der Waals surface area contributed by atoms with Crippen molar-refractivity contribution < 1.29 is 9.59 Å². The van der Waals surface area contributed by atoms with Crippen LogP contribution in [0.5, 0.6) is 0 Å². The number of thioether (sulfide) groups is 1. The molecule has 0 radical (unpaired) electrons. The van der Waals surface area contributed by atoms with Gasteiger partial charge in [-0.3, -0.25) is 15.0 Å². The second-order valence-corrected chi connectivity index (χ2v) is 5.58. The third-order valence-electron chi connectivity index (χ3n) is 2.68. The van der Waals surface area contributed by atoms with Crippen molar-refractivity contribution in [3.63, 3.8) is 0 Å². The predicted molar refractivity (Wildman–Crippen MR) is 80.2 cm³/mol. The van der Waals surface area contributed by atoms with Gasteiger partial charge in [0.15, 0.2) is 0 Å². The van der Waals surface area contributed by atoms with Crippen LogP contribution in [0.15, 0.2) is 29.3 Å². The lowest BCUT2D eigenvalue weighted by Crippen LogP contribution is -2.34. The van der Waals surface area contributed by atoms with Gasteiger partial charge in [-0.25, -0.2) is 4.99 Å². The monoisotopic (exact) mass is 290 g/mol. The molecule has 1 aliphatic heterocycles. The molecular formula is C13H14N4O2S. The highest BCUT2D eigenvalue weighted by Crippen LogP contribution is 2.24. The Morgan fingerprint density at radius 3 is 2.70 bits per heavy atom. The smallest absolute Gasteiger partial charge is 0.248 e. The van der Waals surface area contributed by atoms with Crippen LogP contribution in [0.3, 0.4) is 0 Å². The van der Waals surface area contributed by atoms with Gasteiger partial charge < -0.3 is 11.1 Å². The molecule has 0 saturated heterocycles. The standard InChI is InChI=1S/C13H14N4O2S/c1-7-2-4-8(5-3-7)16-12(19)9-6-10(18)17-13(20-9)11(14)15/h2-5,9H,6H2,1H3,(H3,14,15)(H,16,19). The molecule has 1 aromatic rings. The molecule has 104 valence electrons. The summed E-state index contributed by atoms with van der Waals surface area (Å²) < 4.78 is 0. The molecule has 0 saturated carbocycles. The lowest BCUT2D eigenvalue weighted by atomic mass is 10.2. The van der Waals surface area contributed by atoms with Crippen LogP contribution >= 0.6 is 11.8 Å². The van der Waals surface area contributed by atoms with E-state index in [0.717, 1.165) is 17.3 Å². The molecule has 1 heterocycles. The maximum atomic E-state index is 12.1. The third kappa shape index (κ3) is 3.45. The fourth-order valence-electron chi connectivity index (χ4n) is 1.65. The van der Waals surface area contributed by atoms with Gasteiger partial charge in [-0.2, -0.15) is 0 Å². The summed E-state index contributed by atoms with van der Waals surface area (Å²) >= 11 is 1.04. The zero-order valence-electron chi connectivity index (χ0n) is 10.8. The van der Waals surface area contributed by atoms with Crippen LogP contribution in [0, 0.1) is 12.3 Å². The van der Waals surface area contributed by atoms with E-state index >= 15 is 0 Å². The first-order valence-corrected chi connectivity index (χ1v) is 6.84. The van der Waals surface area contributed by atoms with Crippen LogP contribution < -0.4 is 11.1 Å². The number of nitrogens with zero attached hydrogens (tertiary/aromatic N) is 1. The van der Waals surface area contributed by atoms with Crippen molar-refractivity contribution in [2.45, 2.75) is 18.6 Å². The van der Waals surface area contributed by atoms with E-state index in [1.807, 2.05) is 19.1 Å². The molecule has 0 aliphatic carbocycles. The average Bonchev–Trinajstić information content (AvgIpc) is 2.40. The summed E-state index contributed by atoms with van der Waals surface area (Å²) in [6.07, 6.45) is 0.0130. The van der Waals surface area contributed by atoms with Crippen molar-refractivity contribution in [2.75, 3.05) is 5.32 Å². The van der Waals surface area contributed by atoms with Crippen LogP contribution in [-0.4, -0.2) is 27.9 Å². The molecule has 2 rings (SSSR count). The Balaban J connectivity index is 2.06. The molecule has 20 heavy (non-hydrogen) atoms. The summed E-state index contributed by atoms with van der Waals surface area (Å²) in [4.78, 5) is 27.2. The highest BCUT2D eigenvalue weighted by atomic mass is 32.2. The number of carbonyl (C=O) groups excluding carboxylic acids is 2. The highest BCUT2D eigenvalue weighted by Gasteiger charge is 2.30. The van der Waals surface area contributed by atoms with E-state index in [4.69, 9.17) is 11.1 Å². The SMILES string of the molecule is Cc1ccc(NC(=O)C2CC(=O)N=C(C(=N)N)S2)cc1. The first-order chi connectivity index (χ1) is 9.45. The number of aliphatic imine (C=N–C) groups is 1. The van der Waals surface area contributed by atoms with Crippen LogP contribution in [0.1, 0.15) is 12.0 Å². The van der Waals surface area contributed by atoms with E-state index in [2.05, 4.69) is 10.3 Å². The van der Waals surface area contributed by atoms with Crippen molar-refractivity contribution in [3.05, 3.63) is 29.8 Å². The first kappa shape index (κ1) is 14.3. The van der Waals surface area contributed by atoms with Crippen molar-refractivity contribution in [2.24, 2.45) is 10.7 Å². The Bertz CT molecular complexity index is 595. The van der Waals surface area contributed by atoms with Gasteiger partial charge in [-0.05, 0) is 19.1 Å². The molecule has 1 unspecified atom stereocenters. The molecule has 2 amide bonds. The number of benzene rings is 1. The van der Waals surface area contributed by atoms with Crippen LogP contribution in [-0.2, 0) is 9.59 Å². The van der Waals surface area contributed by atoms with Crippen molar-refractivity contribution in [3.8, 4) is 0 Å². The Morgan fingerprint density at radius 2 is 2.10 bits per heavy atom. The second kappa shape index (κ2) is 5.87. The molecule has 0 spiro atoms. The number of amides is 2. The van der Waals surface area contributed by atoms with Gasteiger partial charge in [0.05, 0.1) is 11.7 Å². The minimum absolute atomic E-state index is 0.0130. The Labute approximate surface area is 120 Å². The van der Waals surface area contributed by atoms with Gasteiger partial charge in [-0.15, -0.1) is 0 Å². The van der Waals surface area contributed by atoms with Crippen molar-refractivity contribution in [1.29, 1.82) is 5.41 Å². The maximum absolute atomic E-state index is 12.1. The Hall–Kier alpha value is -2.15. The average molecular weight is 290 g/mol. The zero-order chi connectivity index (χ0) is 14.7.